The minimum atomic E-state index is -0.991. The predicted octanol–water partition coefficient (Wildman–Crippen LogP) is 4.93. The van der Waals surface area contributed by atoms with E-state index in [2.05, 4.69) is 0 Å². The standard InChI is InChI=1S/C26H32FNO6/c1-2-32-24(25(29)30)16-19-10-12-22(13-11-19)33-15-14-28(18-20-6-3-4-7-20)26(31)34-23-9-5-8-21(27)17-23/h5,8-13,17,20,24H,2-4,6-7,14-16,18H2,1H3,(H,29,30). The Bertz CT molecular complexity index is 929. The molecule has 1 atom stereocenters. The van der Waals surface area contributed by atoms with Gasteiger partial charge in [0.1, 0.15) is 23.9 Å². The van der Waals surface area contributed by atoms with Crippen molar-refractivity contribution in [3.63, 3.8) is 0 Å². The van der Waals surface area contributed by atoms with Crippen molar-refractivity contribution in [1.82, 2.24) is 4.90 Å². The zero-order valence-corrected chi connectivity index (χ0v) is 19.5. The van der Waals surface area contributed by atoms with Crippen molar-refractivity contribution in [2.24, 2.45) is 5.92 Å². The third-order valence-electron chi connectivity index (χ3n) is 5.83. The molecule has 1 unspecified atom stereocenters. The van der Waals surface area contributed by atoms with Gasteiger partial charge in [0.15, 0.2) is 6.10 Å². The highest BCUT2D eigenvalue weighted by Gasteiger charge is 2.23. The maximum atomic E-state index is 13.5. The molecular weight excluding hydrogens is 441 g/mol. The molecule has 2 aromatic rings. The summed E-state index contributed by atoms with van der Waals surface area (Å²) < 4.78 is 29.9. The van der Waals surface area contributed by atoms with Crippen LogP contribution in [0, 0.1) is 11.7 Å². The zero-order valence-electron chi connectivity index (χ0n) is 19.5. The summed E-state index contributed by atoms with van der Waals surface area (Å²) in [6.45, 7) is 3.26. The molecule has 0 spiro atoms. The van der Waals surface area contributed by atoms with Crippen LogP contribution in [0.5, 0.6) is 11.5 Å². The fourth-order valence-corrected chi connectivity index (χ4v) is 4.09. The van der Waals surface area contributed by atoms with Gasteiger partial charge in [0.2, 0.25) is 0 Å². The average molecular weight is 474 g/mol. The van der Waals surface area contributed by atoms with Crippen molar-refractivity contribution >= 4 is 12.1 Å². The molecule has 0 bridgehead atoms. The first-order chi connectivity index (χ1) is 16.4. The second kappa shape index (κ2) is 12.9. The fraction of sp³-hybridized carbons (Fsp3) is 0.462. The molecule has 1 amide bonds. The first-order valence-electron chi connectivity index (χ1n) is 11.7. The third-order valence-corrected chi connectivity index (χ3v) is 5.83. The number of carboxylic acid groups (broad SMARTS) is 1. The van der Waals surface area contributed by atoms with Crippen LogP contribution in [0.3, 0.4) is 0 Å². The number of rotatable bonds is 12. The molecule has 3 rings (SSSR count). The molecule has 34 heavy (non-hydrogen) atoms. The van der Waals surface area contributed by atoms with Gasteiger partial charge < -0.3 is 24.2 Å². The van der Waals surface area contributed by atoms with E-state index in [1.807, 2.05) is 0 Å². The molecule has 8 heteroatoms. The first-order valence-corrected chi connectivity index (χ1v) is 11.7. The summed E-state index contributed by atoms with van der Waals surface area (Å²) in [4.78, 5) is 25.7. The van der Waals surface area contributed by atoms with Crippen LogP contribution < -0.4 is 9.47 Å². The van der Waals surface area contributed by atoms with Gasteiger partial charge in [0.25, 0.3) is 0 Å². The lowest BCUT2D eigenvalue weighted by Gasteiger charge is -2.25. The van der Waals surface area contributed by atoms with E-state index in [9.17, 15) is 19.1 Å². The summed E-state index contributed by atoms with van der Waals surface area (Å²) >= 11 is 0. The molecule has 0 saturated heterocycles. The van der Waals surface area contributed by atoms with E-state index in [1.165, 1.54) is 18.2 Å². The summed E-state index contributed by atoms with van der Waals surface area (Å²) in [6.07, 6.45) is 3.33. The number of carbonyl (C=O) groups excluding carboxylic acids is 1. The van der Waals surface area contributed by atoms with E-state index in [-0.39, 0.29) is 18.8 Å². The molecule has 1 fully saturated rings. The van der Waals surface area contributed by atoms with Gasteiger partial charge in [0.05, 0.1) is 6.54 Å². The quantitative estimate of drug-likeness (QED) is 0.471. The lowest BCUT2D eigenvalue weighted by Crippen LogP contribution is -2.39. The number of ether oxygens (including phenoxy) is 3. The Balaban J connectivity index is 1.54. The second-order valence-electron chi connectivity index (χ2n) is 8.40. The maximum Gasteiger partial charge on any atom is 0.415 e. The summed E-state index contributed by atoms with van der Waals surface area (Å²) in [5, 5.41) is 9.23. The van der Waals surface area contributed by atoms with Crippen LogP contribution in [0.25, 0.3) is 0 Å². The van der Waals surface area contributed by atoms with Crippen molar-refractivity contribution in [2.75, 3.05) is 26.3 Å². The average Bonchev–Trinajstić information content (AvgIpc) is 3.32. The summed E-state index contributed by atoms with van der Waals surface area (Å²) in [7, 11) is 0. The predicted molar refractivity (Wildman–Crippen MR) is 125 cm³/mol. The number of hydrogen-bond acceptors (Lipinski definition) is 5. The minimum absolute atomic E-state index is 0.171. The van der Waals surface area contributed by atoms with E-state index < -0.39 is 24.0 Å². The van der Waals surface area contributed by atoms with Crippen LogP contribution in [-0.4, -0.2) is 54.5 Å². The molecular formula is C26H32FNO6. The van der Waals surface area contributed by atoms with E-state index in [4.69, 9.17) is 14.2 Å². The SMILES string of the molecule is CCOC(Cc1ccc(OCCN(CC2CCCC2)C(=O)Oc2cccc(F)c2)cc1)C(=O)O. The number of benzene rings is 2. The Hall–Kier alpha value is -3.13. The van der Waals surface area contributed by atoms with Crippen molar-refractivity contribution in [1.29, 1.82) is 0 Å². The number of carboxylic acids is 1. The molecule has 184 valence electrons. The van der Waals surface area contributed by atoms with E-state index in [0.717, 1.165) is 31.2 Å². The molecule has 7 nitrogen and oxygen atoms in total. The molecule has 1 aliphatic rings. The lowest BCUT2D eigenvalue weighted by molar-refractivity contribution is -0.149. The van der Waals surface area contributed by atoms with Crippen LogP contribution >= 0.6 is 0 Å². The Labute approximate surface area is 199 Å². The van der Waals surface area contributed by atoms with Gasteiger partial charge in [-0.2, -0.15) is 0 Å². The van der Waals surface area contributed by atoms with E-state index >= 15 is 0 Å². The van der Waals surface area contributed by atoms with Gasteiger partial charge in [-0.15, -0.1) is 0 Å². The number of aliphatic carboxylic acids is 1. The van der Waals surface area contributed by atoms with Crippen molar-refractivity contribution in [3.05, 3.63) is 59.9 Å². The van der Waals surface area contributed by atoms with Crippen molar-refractivity contribution < 1.29 is 33.3 Å². The zero-order chi connectivity index (χ0) is 24.3. The number of carbonyl (C=O) groups is 2. The summed E-state index contributed by atoms with van der Waals surface area (Å²) in [5.74, 6) is -0.243. The van der Waals surface area contributed by atoms with Crippen molar-refractivity contribution in [3.8, 4) is 11.5 Å². The van der Waals surface area contributed by atoms with Crippen LogP contribution in [0.1, 0.15) is 38.2 Å². The lowest BCUT2D eigenvalue weighted by atomic mass is 10.1. The van der Waals surface area contributed by atoms with Gasteiger partial charge in [0, 0.05) is 25.6 Å². The highest BCUT2D eigenvalue weighted by molar-refractivity contribution is 5.72. The molecule has 1 N–H and O–H groups in total. The second-order valence-corrected chi connectivity index (χ2v) is 8.40. The maximum absolute atomic E-state index is 13.5. The molecule has 0 radical (unpaired) electrons. The van der Waals surface area contributed by atoms with E-state index in [0.29, 0.717) is 31.4 Å². The smallest absolute Gasteiger partial charge is 0.415 e. The molecule has 1 saturated carbocycles. The van der Waals surface area contributed by atoms with Gasteiger partial charge in [-0.25, -0.2) is 14.0 Å². The highest BCUT2D eigenvalue weighted by Crippen LogP contribution is 2.26. The highest BCUT2D eigenvalue weighted by atomic mass is 19.1. The first kappa shape index (κ1) is 25.5. The molecule has 0 heterocycles. The Kier molecular flexibility index (Phi) is 9.70. The topological polar surface area (TPSA) is 85.3 Å². The Morgan fingerprint density at radius 3 is 2.50 bits per heavy atom. The largest absolute Gasteiger partial charge is 0.492 e. The van der Waals surface area contributed by atoms with Crippen LogP contribution in [0.2, 0.25) is 0 Å². The molecule has 2 aromatic carbocycles. The third kappa shape index (κ3) is 8.02. The Morgan fingerprint density at radius 2 is 1.85 bits per heavy atom. The summed E-state index contributed by atoms with van der Waals surface area (Å²) in [5.41, 5.74) is 0.828. The number of nitrogens with zero attached hydrogens (tertiary/aromatic N) is 1. The monoisotopic (exact) mass is 473 g/mol. The van der Waals surface area contributed by atoms with Crippen LogP contribution in [0.15, 0.2) is 48.5 Å². The van der Waals surface area contributed by atoms with Crippen LogP contribution in [0.4, 0.5) is 9.18 Å². The van der Waals surface area contributed by atoms with E-state index in [1.54, 1.807) is 42.2 Å². The number of halogens is 1. The van der Waals surface area contributed by atoms with Crippen LogP contribution in [-0.2, 0) is 16.0 Å². The molecule has 1 aliphatic carbocycles. The number of amides is 1. The minimum Gasteiger partial charge on any atom is -0.492 e. The number of hydrogen-bond donors (Lipinski definition) is 1. The van der Waals surface area contributed by atoms with Gasteiger partial charge in [-0.1, -0.05) is 31.0 Å². The van der Waals surface area contributed by atoms with Crippen molar-refractivity contribution in [2.45, 2.75) is 45.1 Å². The normalized spacial score (nSPS) is 14.5. The summed E-state index contributed by atoms with van der Waals surface area (Å²) in [6, 6.07) is 12.7. The molecule has 0 aromatic heterocycles. The van der Waals surface area contributed by atoms with Gasteiger partial charge >= 0.3 is 12.1 Å². The fourth-order valence-electron chi connectivity index (χ4n) is 4.09. The Morgan fingerprint density at radius 1 is 1.12 bits per heavy atom. The van der Waals surface area contributed by atoms with Gasteiger partial charge in [-0.3, -0.25) is 0 Å². The molecule has 0 aliphatic heterocycles. The van der Waals surface area contributed by atoms with Gasteiger partial charge in [-0.05, 0) is 55.5 Å².